The van der Waals surface area contributed by atoms with Gasteiger partial charge >= 0.3 is 6.18 Å². The van der Waals surface area contributed by atoms with E-state index in [0.29, 0.717) is 19.8 Å². The zero-order valence-electron chi connectivity index (χ0n) is 16.0. The molecule has 30 heavy (non-hydrogen) atoms. The molecule has 2 N–H and O–H groups in total. The van der Waals surface area contributed by atoms with Crippen molar-refractivity contribution in [1.29, 1.82) is 0 Å². The molecule has 4 rings (SSSR count). The Hall–Kier alpha value is -2.76. The van der Waals surface area contributed by atoms with E-state index in [9.17, 15) is 22.0 Å². The fourth-order valence-corrected chi connectivity index (χ4v) is 3.45. The quantitative estimate of drug-likeness (QED) is 0.750. The minimum Gasteiger partial charge on any atom is -0.384 e. The number of hydrogen-bond donors (Lipinski definition) is 1. The second-order valence-electron chi connectivity index (χ2n) is 7.37. The summed E-state index contributed by atoms with van der Waals surface area (Å²) in [5, 5.41) is 0. The van der Waals surface area contributed by atoms with Gasteiger partial charge in [0.1, 0.15) is 11.6 Å². The van der Waals surface area contributed by atoms with Gasteiger partial charge in [-0.2, -0.15) is 18.2 Å². The van der Waals surface area contributed by atoms with Crippen LogP contribution < -0.4 is 15.5 Å². The first kappa shape index (κ1) is 20.5. The number of nitrogens with two attached hydrogens (primary N) is 1. The third kappa shape index (κ3) is 3.95. The summed E-state index contributed by atoms with van der Waals surface area (Å²) < 4.78 is 72.9. The number of hydrogen-bond acceptors (Lipinski definition) is 7. The molecule has 2 aromatic heterocycles. The van der Waals surface area contributed by atoms with Gasteiger partial charge in [0.05, 0.1) is 38.0 Å². The van der Waals surface area contributed by atoms with E-state index in [1.54, 1.807) is 4.90 Å². The molecule has 0 amide bonds. The van der Waals surface area contributed by atoms with Crippen LogP contribution in [-0.4, -0.2) is 59.8 Å². The number of ether oxygens (including phenoxy) is 1. The molecule has 2 aromatic rings. The highest BCUT2D eigenvalue weighted by Crippen LogP contribution is 2.38. The fraction of sp³-hybridized carbons (Fsp3) is 0.500. The predicted molar refractivity (Wildman–Crippen MR) is 99.5 cm³/mol. The van der Waals surface area contributed by atoms with Crippen molar-refractivity contribution in [2.24, 2.45) is 0 Å². The Labute approximate surface area is 168 Å². The molecule has 2 aliphatic rings. The maximum absolute atomic E-state index is 13.6. The fourth-order valence-electron chi connectivity index (χ4n) is 3.45. The van der Waals surface area contributed by atoms with E-state index in [4.69, 9.17) is 10.5 Å². The Bertz CT molecular complexity index is 945. The van der Waals surface area contributed by atoms with Gasteiger partial charge in [0.25, 0.3) is 5.92 Å². The highest BCUT2D eigenvalue weighted by Gasteiger charge is 2.45. The third-order valence-corrected chi connectivity index (χ3v) is 4.95. The first-order valence-electron chi connectivity index (χ1n) is 9.24. The van der Waals surface area contributed by atoms with Crippen LogP contribution in [0.3, 0.4) is 0 Å². The van der Waals surface area contributed by atoms with Gasteiger partial charge in [-0.15, -0.1) is 0 Å². The van der Waals surface area contributed by atoms with Crippen LogP contribution in [0.1, 0.15) is 12.6 Å². The molecule has 0 unspecified atom stereocenters. The summed E-state index contributed by atoms with van der Waals surface area (Å²) in [5.74, 6) is -2.87. The van der Waals surface area contributed by atoms with Crippen LogP contribution in [0.2, 0.25) is 0 Å². The van der Waals surface area contributed by atoms with Crippen molar-refractivity contribution in [2.45, 2.75) is 25.1 Å². The summed E-state index contributed by atoms with van der Waals surface area (Å²) in [5.41, 5.74) is 3.89. The normalized spacial score (nSPS) is 21.5. The molecule has 2 fully saturated rings. The van der Waals surface area contributed by atoms with Crippen LogP contribution in [0.5, 0.6) is 0 Å². The second kappa shape index (κ2) is 7.18. The number of nitrogen functional groups attached to an aromatic ring is 1. The lowest BCUT2D eigenvalue weighted by Crippen LogP contribution is -2.56. The number of anilines is 3. The molecule has 2 aliphatic heterocycles. The predicted octanol–water partition coefficient (Wildman–Crippen LogP) is 2.82. The van der Waals surface area contributed by atoms with E-state index in [1.807, 2.05) is 6.92 Å². The molecule has 0 aliphatic carbocycles. The first-order chi connectivity index (χ1) is 14.0. The Balaban J connectivity index is 1.83. The van der Waals surface area contributed by atoms with Crippen LogP contribution in [0.25, 0.3) is 11.3 Å². The summed E-state index contributed by atoms with van der Waals surface area (Å²) in [6.45, 7) is 1.94. The number of rotatable bonds is 3. The van der Waals surface area contributed by atoms with E-state index in [0.717, 1.165) is 0 Å². The molecule has 4 heterocycles. The average molecular weight is 430 g/mol. The Morgan fingerprint density at radius 1 is 1.17 bits per heavy atom. The van der Waals surface area contributed by atoms with Crippen LogP contribution >= 0.6 is 0 Å². The van der Waals surface area contributed by atoms with Gasteiger partial charge in [-0.05, 0) is 19.1 Å². The van der Waals surface area contributed by atoms with Crippen LogP contribution in [0, 0.1) is 0 Å². The third-order valence-electron chi connectivity index (χ3n) is 4.95. The van der Waals surface area contributed by atoms with Gasteiger partial charge in [-0.1, -0.05) is 0 Å². The first-order valence-corrected chi connectivity index (χ1v) is 9.24. The van der Waals surface area contributed by atoms with Crippen molar-refractivity contribution in [3.8, 4) is 11.3 Å². The number of pyridine rings is 1. The van der Waals surface area contributed by atoms with Gasteiger partial charge < -0.3 is 20.3 Å². The smallest absolute Gasteiger partial charge is 0.384 e. The number of alkyl halides is 5. The maximum Gasteiger partial charge on any atom is 0.434 e. The average Bonchev–Trinajstić information content (AvgIpc) is 2.65. The Morgan fingerprint density at radius 3 is 2.53 bits per heavy atom. The molecule has 1 atom stereocenters. The van der Waals surface area contributed by atoms with Crippen molar-refractivity contribution >= 4 is 17.6 Å². The zero-order valence-corrected chi connectivity index (χ0v) is 16.0. The van der Waals surface area contributed by atoms with Crippen molar-refractivity contribution in [3.63, 3.8) is 0 Å². The van der Waals surface area contributed by atoms with Crippen molar-refractivity contribution in [3.05, 3.63) is 23.9 Å². The highest BCUT2D eigenvalue weighted by atomic mass is 19.4. The minimum absolute atomic E-state index is 0.0660. The minimum atomic E-state index is -4.77. The Kier molecular flexibility index (Phi) is 4.91. The summed E-state index contributed by atoms with van der Waals surface area (Å²) in [7, 11) is 0. The molecule has 0 bridgehead atoms. The zero-order chi connectivity index (χ0) is 21.7. The molecular weight excluding hydrogens is 411 g/mol. The maximum atomic E-state index is 13.6. The van der Waals surface area contributed by atoms with E-state index in [-0.39, 0.29) is 34.9 Å². The number of nitrogens with zero attached hydrogens (tertiary/aromatic N) is 5. The Morgan fingerprint density at radius 2 is 1.90 bits per heavy atom. The summed E-state index contributed by atoms with van der Waals surface area (Å²) in [6, 6.07) is 3.55. The molecule has 12 heteroatoms. The summed E-state index contributed by atoms with van der Waals surface area (Å²) in [4.78, 5) is 15.2. The molecule has 162 valence electrons. The SMILES string of the molecule is C[C@H]1COCCN1c1nc(-c2ccc(N)nc2C(F)(F)F)cc(N2CC(F)(F)C2)n1. The lowest BCUT2D eigenvalue weighted by atomic mass is 10.1. The summed E-state index contributed by atoms with van der Waals surface area (Å²) in [6.07, 6.45) is -4.77. The monoisotopic (exact) mass is 430 g/mol. The lowest BCUT2D eigenvalue weighted by molar-refractivity contribution is -0.140. The standard InChI is InChI=1S/C18H19F5N6O/c1-10-7-30-5-4-29(10)16-25-12(6-14(27-16)28-8-17(19,20)9-28)11-2-3-13(24)26-15(11)18(21,22)23/h2-3,6,10H,4-5,7-9H2,1H3,(H2,24,26)/t10-/m0/s1. The van der Waals surface area contributed by atoms with E-state index in [1.165, 1.54) is 23.1 Å². The van der Waals surface area contributed by atoms with E-state index in [2.05, 4.69) is 15.0 Å². The molecule has 2 saturated heterocycles. The lowest BCUT2D eigenvalue weighted by Gasteiger charge is -2.40. The van der Waals surface area contributed by atoms with Gasteiger partial charge in [0.2, 0.25) is 5.95 Å². The van der Waals surface area contributed by atoms with Crippen molar-refractivity contribution in [1.82, 2.24) is 15.0 Å². The van der Waals surface area contributed by atoms with Crippen LogP contribution in [0.15, 0.2) is 18.2 Å². The number of morpholine rings is 1. The second-order valence-corrected chi connectivity index (χ2v) is 7.37. The van der Waals surface area contributed by atoms with Crippen molar-refractivity contribution < 1.29 is 26.7 Å². The van der Waals surface area contributed by atoms with Crippen LogP contribution in [-0.2, 0) is 10.9 Å². The summed E-state index contributed by atoms with van der Waals surface area (Å²) >= 11 is 0. The molecule has 0 spiro atoms. The van der Waals surface area contributed by atoms with Gasteiger partial charge in [0.15, 0.2) is 5.69 Å². The molecular formula is C18H19F5N6O. The molecule has 0 aromatic carbocycles. The van der Waals surface area contributed by atoms with Gasteiger partial charge in [-0.3, -0.25) is 0 Å². The van der Waals surface area contributed by atoms with E-state index < -0.39 is 30.9 Å². The van der Waals surface area contributed by atoms with Crippen LogP contribution in [0.4, 0.5) is 39.5 Å². The van der Waals surface area contributed by atoms with Crippen molar-refractivity contribution in [2.75, 3.05) is 48.4 Å². The largest absolute Gasteiger partial charge is 0.434 e. The van der Waals surface area contributed by atoms with Gasteiger partial charge in [-0.25, -0.2) is 18.7 Å². The number of halogens is 5. The van der Waals surface area contributed by atoms with Gasteiger partial charge in [0, 0.05) is 18.2 Å². The molecule has 0 radical (unpaired) electrons. The molecule has 7 nitrogen and oxygen atoms in total. The number of aromatic nitrogens is 3. The van der Waals surface area contributed by atoms with E-state index >= 15 is 0 Å². The topological polar surface area (TPSA) is 80.4 Å². The molecule has 0 saturated carbocycles. The highest BCUT2D eigenvalue weighted by molar-refractivity contribution is 5.69.